The number of hydrogen-bond donors (Lipinski definition) is 0. The molecule has 3 fully saturated rings. The van der Waals surface area contributed by atoms with Crippen molar-refractivity contribution in [2.24, 2.45) is 0 Å². The minimum atomic E-state index is -3.20. The quantitative estimate of drug-likeness (QED) is 0.763. The van der Waals surface area contributed by atoms with Gasteiger partial charge in [0.1, 0.15) is 6.26 Å². The van der Waals surface area contributed by atoms with Crippen LogP contribution in [0.3, 0.4) is 0 Å². The molecule has 150 valence electrons. The molecule has 0 N–H and O–H groups in total. The normalized spacial score (nSPS) is 25.9. The molecule has 8 heteroatoms. The molecule has 1 aromatic rings. The van der Waals surface area contributed by atoms with Gasteiger partial charge >= 0.3 is 0 Å². The van der Waals surface area contributed by atoms with Gasteiger partial charge in [0.25, 0.3) is 5.91 Å². The Morgan fingerprint density at radius 2 is 2.00 bits per heavy atom. The first kappa shape index (κ1) is 19.0. The summed E-state index contributed by atoms with van der Waals surface area (Å²) in [5.74, 6) is 0.139. The number of sulfonamides is 1. The number of piperidine rings is 1. The van der Waals surface area contributed by atoms with Gasteiger partial charge in [-0.15, -0.1) is 0 Å². The van der Waals surface area contributed by atoms with Crippen molar-refractivity contribution in [1.82, 2.24) is 9.21 Å². The summed E-state index contributed by atoms with van der Waals surface area (Å²) in [7, 11) is -3.20. The van der Waals surface area contributed by atoms with Gasteiger partial charge in [-0.2, -0.15) is 4.31 Å². The van der Waals surface area contributed by atoms with Crippen molar-refractivity contribution in [2.45, 2.75) is 63.1 Å². The number of nitrogens with zero attached hydrogens (tertiary/aromatic N) is 2. The zero-order chi connectivity index (χ0) is 19.1. The summed E-state index contributed by atoms with van der Waals surface area (Å²) in [5, 5.41) is 0. The maximum atomic E-state index is 12.6. The average Bonchev–Trinajstić information content (AvgIpc) is 3.33. The predicted octanol–water partition coefficient (Wildman–Crippen LogP) is 2.25. The molecule has 27 heavy (non-hydrogen) atoms. The van der Waals surface area contributed by atoms with E-state index in [0.717, 1.165) is 38.5 Å². The van der Waals surface area contributed by atoms with Crippen molar-refractivity contribution in [3.8, 4) is 0 Å². The van der Waals surface area contributed by atoms with Crippen molar-refractivity contribution >= 4 is 15.9 Å². The van der Waals surface area contributed by atoms with Crippen LogP contribution in [-0.4, -0.2) is 66.7 Å². The minimum absolute atomic E-state index is 0.0147. The Hall–Kier alpha value is -1.38. The fourth-order valence-corrected chi connectivity index (χ4v) is 6.08. The number of carbonyl (C=O) groups is 1. The van der Waals surface area contributed by atoms with Crippen LogP contribution in [0.2, 0.25) is 0 Å². The summed E-state index contributed by atoms with van der Waals surface area (Å²) in [6, 6.07) is 1.88. The molecule has 1 aromatic heterocycles. The van der Waals surface area contributed by atoms with Gasteiger partial charge in [0, 0.05) is 31.8 Å². The molecule has 0 radical (unpaired) electrons. The molecule has 4 rings (SSSR count). The summed E-state index contributed by atoms with van der Waals surface area (Å²) in [6.45, 7) is 3.56. The van der Waals surface area contributed by atoms with Crippen LogP contribution >= 0.6 is 0 Å². The maximum Gasteiger partial charge on any atom is 0.257 e. The first-order valence-electron chi connectivity index (χ1n) is 9.91. The molecule has 1 aliphatic carbocycles. The average molecular weight is 397 g/mol. The predicted molar refractivity (Wildman–Crippen MR) is 99.9 cm³/mol. The fraction of sp³-hybridized carbons (Fsp3) is 0.737. The highest BCUT2D eigenvalue weighted by Gasteiger charge is 2.48. The Balaban J connectivity index is 1.43. The van der Waals surface area contributed by atoms with Crippen LogP contribution in [0.5, 0.6) is 0 Å². The highest BCUT2D eigenvalue weighted by Crippen LogP contribution is 2.41. The van der Waals surface area contributed by atoms with Crippen molar-refractivity contribution in [2.75, 3.05) is 25.4 Å². The second-order valence-corrected chi connectivity index (χ2v) is 10.1. The van der Waals surface area contributed by atoms with Gasteiger partial charge in [-0.1, -0.05) is 0 Å². The van der Waals surface area contributed by atoms with Crippen LogP contribution in [0.15, 0.2) is 23.0 Å². The first-order valence-corrected chi connectivity index (χ1v) is 11.5. The molecule has 1 amide bonds. The van der Waals surface area contributed by atoms with Crippen molar-refractivity contribution < 1.29 is 22.4 Å². The number of carbonyl (C=O) groups excluding carboxylic acids is 1. The van der Waals surface area contributed by atoms with Gasteiger partial charge in [0.15, 0.2) is 0 Å². The van der Waals surface area contributed by atoms with Crippen molar-refractivity contribution in [3.63, 3.8) is 0 Å². The third-order valence-electron chi connectivity index (χ3n) is 6.15. The van der Waals surface area contributed by atoms with Crippen LogP contribution in [0.25, 0.3) is 0 Å². The Labute approximate surface area is 160 Å². The second kappa shape index (κ2) is 7.22. The van der Waals surface area contributed by atoms with E-state index in [-0.39, 0.29) is 29.3 Å². The van der Waals surface area contributed by atoms with E-state index in [0.29, 0.717) is 25.3 Å². The van der Waals surface area contributed by atoms with Gasteiger partial charge in [0.2, 0.25) is 10.0 Å². The fourth-order valence-electron chi connectivity index (χ4n) is 4.48. The van der Waals surface area contributed by atoms with E-state index >= 15 is 0 Å². The van der Waals surface area contributed by atoms with Gasteiger partial charge in [0.05, 0.1) is 23.2 Å². The van der Waals surface area contributed by atoms with Crippen LogP contribution in [-0.2, 0) is 14.8 Å². The van der Waals surface area contributed by atoms with Gasteiger partial charge in [-0.25, -0.2) is 8.42 Å². The number of rotatable bonds is 5. The third-order valence-corrected chi connectivity index (χ3v) is 8.12. The molecule has 1 saturated carbocycles. The molecule has 0 aromatic carbocycles. The lowest BCUT2D eigenvalue weighted by Crippen LogP contribution is -2.55. The smallest absolute Gasteiger partial charge is 0.257 e. The summed E-state index contributed by atoms with van der Waals surface area (Å²) >= 11 is 0. The number of ether oxygens (including phenoxy) is 1. The molecular weight excluding hydrogens is 368 g/mol. The Bertz CT molecular complexity index is 764. The van der Waals surface area contributed by atoms with Gasteiger partial charge < -0.3 is 14.1 Å². The number of likely N-dealkylation sites (tertiary alicyclic amines) is 1. The topological polar surface area (TPSA) is 80.1 Å². The minimum Gasteiger partial charge on any atom is -0.472 e. The van der Waals surface area contributed by atoms with Crippen molar-refractivity contribution in [1.29, 1.82) is 0 Å². The lowest BCUT2D eigenvalue weighted by atomic mass is 9.82. The third kappa shape index (κ3) is 3.79. The molecule has 1 unspecified atom stereocenters. The van der Waals surface area contributed by atoms with Gasteiger partial charge in [-0.3, -0.25) is 4.79 Å². The highest BCUT2D eigenvalue weighted by atomic mass is 32.2. The van der Waals surface area contributed by atoms with E-state index in [9.17, 15) is 13.2 Å². The number of furan rings is 1. The second-order valence-electron chi connectivity index (χ2n) is 7.94. The summed E-state index contributed by atoms with van der Waals surface area (Å²) in [5.41, 5.74) is 0.259. The van der Waals surface area contributed by atoms with E-state index in [2.05, 4.69) is 0 Å². The Morgan fingerprint density at radius 1 is 1.26 bits per heavy atom. The van der Waals surface area contributed by atoms with E-state index in [1.807, 2.05) is 4.90 Å². The Morgan fingerprint density at radius 3 is 2.59 bits per heavy atom. The SMILES string of the molecule is CCS(=O)(=O)N(C1CC1)C1CCOC2(CCN(C(=O)c3ccoc3)CC2)C1. The summed E-state index contributed by atoms with van der Waals surface area (Å²) in [4.78, 5) is 14.3. The van der Waals surface area contributed by atoms with Crippen LogP contribution < -0.4 is 0 Å². The highest BCUT2D eigenvalue weighted by molar-refractivity contribution is 7.89. The molecule has 7 nitrogen and oxygen atoms in total. The molecule has 2 aliphatic heterocycles. The summed E-state index contributed by atoms with van der Waals surface area (Å²) in [6.07, 6.45) is 7.91. The molecule has 2 saturated heterocycles. The number of amides is 1. The van der Waals surface area contributed by atoms with Gasteiger partial charge in [-0.05, 0) is 51.5 Å². The zero-order valence-corrected chi connectivity index (χ0v) is 16.6. The summed E-state index contributed by atoms with van der Waals surface area (Å²) < 4.78 is 38.3. The maximum absolute atomic E-state index is 12.6. The first-order chi connectivity index (χ1) is 12.9. The van der Waals surface area contributed by atoms with Crippen LogP contribution in [0, 0.1) is 0 Å². The lowest BCUT2D eigenvalue weighted by molar-refractivity contribution is -0.123. The molecule has 3 heterocycles. The van der Waals surface area contributed by atoms with E-state index < -0.39 is 10.0 Å². The monoisotopic (exact) mass is 396 g/mol. The van der Waals surface area contributed by atoms with Crippen molar-refractivity contribution in [3.05, 3.63) is 24.2 Å². The molecule has 3 aliphatic rings. The van der Waals surface area contributed by atoms with E-state index in [4.69, 9.17) is 9.15 Å². The zero-order valence-electron chi connectivity index (χ0n) is 15.8. The number of hydrogen-bond acceptors (Lipinski definition) is 5. The van der Waals surface area contributed by atoms with Crippen LogP contribution in [0.4, 0.5) is 0 Å². The van der Waals surface area contributed by atoms with E-state index in [1.165, 1.54) is 12.5 Å². The molecule has 0 bridgehead atoms. The molecular formula is C19H28N2O5S. The van der Waals surface area contributed by atoms with E-state index in [1.54, 1.807) is 17.3 Å². The standard InChI is InChI=1S/C19H28N2O5S/c1-2-27(23,24)21(16-3-4-16)17-6-12-26-19(13-17)7-9-20(10-8-19)18(22)15-5-11-25-14-15/h5,11,14,16-17H,2-4,6-10,12-13H2,1H3. The largest absolute Gasteiger partial charge is 0.472 e. The lowest BCUT2D eigenvalue weighted by Gasteiger charge is -2.48. The Kier molecular flexibility index (Phi) is 5.07. The van der Waals surface area contributed by atoms with Crippen LogP contribution in [0.1, 0.15) is 55.8 Å². The molecule has 1 spiro atoms. The molecule has 1 atom stereocenters.